The number of benzene rings is 2. The van der Waals surface area contributed by atoms with Gasteiger partial charge in [0.2, 0.25) is 5.69 Å². The average molecular weight is 1030 g/mol. The number of rotatable bonds is 22. The Balaban J connectivity index is 1.65. The molecule has 0 spiro atoms. The highest BCUT2D eigenvalue weighted by Crippen LogP contribution is 2.49. The molecule has 0 aromatic heterocycles. The number of nitrogens with one attached hydrogen (secondary N) is 1. The van der Waals surface area contributed by atoms with Gasteiger partial charge in [0.05, 0.1) is 45.2 Å². The van der Waals surface area contributed by atoms with Crippen LogP contribution in [0.4, 0.5) is 11.4 Å². The fraction of sp³-hybridized carbons (Fsp3) is 0.452. The number of fused-ring (bicyclic) bond motifs is 2. The van der Waals surface area contributed by atoms with Gasteiger partial charge in [-0.05, 0) is 99.1 Å². The van der Waals surface area contributed by atoms with Gasteiger partial charge in [0.1, 0.15) is 6.54 Å². The fourth-order valence-electron chi connectivity index (χ4n) is 8.62. The molecule has 0 bridgehead atoms. The summed E-state index contributed by atoms with van der Waals surface area (Å²) in [5.74, 6) is -2.55. The molecule has 1 aliphatic carbocycles. The van der Waals surface area contributed by atoms with Crippen LogP contribution in [0.15, 0.2) is 92.9 Å². The number of allylic oxidation sites excluding steroid dienone is 6. The highest BCUT2D eigenvalue weighted by Gasteiger charge is 2.45. The number of amides is 1. The molecule has 20 nitrogen and oxygen atoms in total. The third kappa shape index (κ3) is 13.5. The Labute approximate surface area is 395 Å². The Bertz CT molecular complexity index is 2930. The van der Waals surface area contributed by atoms with Crippen molar-refractivity contribution in [3.8, 4) is 0 Å². The molecular formula is C42H53N4O16S5+. The third-order valence-corrected chi connectivity index (χ3v) is 15.6. The summed E-state index contributed by atoms with van der Waals surface area (Å²) in [5, 5.41) is 15.0. The van der Waals surface area contributed by atoms with Crippen molar-refractivity contribution >= 4 is 75.5 Å². The van der Waals surface area contributed by atoms with Gasteiger partial charge in [-0.25, -0.2) is 11.8 Å². The second-order valence-electron chi connectivity index (χ2n) is 17.1. The Morgan fingerprint density at radius 2 is 1.51 bits per heavy atom. The van der Waals surface area contributed by atoms with Crippen LogP contribution in [0.25, 0.3) is 4.85 Å². The van der Waals surface area contributed by atoms with Crippen molar-refractivity contribution in [2.24, 2.45) is 0 Å². The first kappa shape index (κ1) is 53.7. The molecule has 0 radical (unpaired) electrons. The van der Waals surface area contributed by atoms with Gasteiger partial charge >= 0.3 is 11.9 Å². The number of anilines is 1. The molecule has 6 N–H and O–H groups in total. The van der Waals surface area contributed by atoms with Crippen molar-refractivity contribution in [3.05, 3.63) is 106 Å². The van der Waals surface area contributed by atoms with Crippen LogP contribution >= 0.6 is 12.0 Å². The Hall–Kier alpha value is -4.30. The fourth-order valence-corrected chi connectivity index (χ4v) is 11.0. The topological polar surface area (TPSA) is 296 Å². The van der Waals surface area contributed by atoms with E-state index < -0.39 is 87.1 Å². The normalized spacial score (nSPS) is 18.8. The molecule has 2 aromatic rings. The molecule has 2 aliphatic heterocycles. The Kier molecular flexibility index (Phi) is 16.9. The number of hydrogen-bond donors (Lipinski definition) is 6. The van der Waals surface area contributed by atoms with E-state index in [9.17, 15) is 56.7 Å². The summed E-state index contributed by atoms with van der Waals surface area (Å²) in [4.78, 5) is 19.6. The van der Waals surface area contributed by atoms with E-state index in [0.717, 1.165) is 29.0 Å². The van der Waals surface area contributed by atoms with E-state index in [1.807, 2.05) is 55.4 Å². The number of carbonyl (C=O) groups is 1. The zero-order valence-corrected chi connectivity index (χ0v) is 41.0. The first-order valence-corrected chi connectivity index (χ1v) is 27.8. The van der Waals surface area contributed by atoms with Crippen LogP contribution in [0, 0.1) is 6.57 Å². The number of hydrogen-bond acceptors (Lipinski definition) is 14. The van der Waals surface area contributed by atoms with Gasteiger partial charge in [-0.15, -0.1) is 4.33 Å². The minimum absolute atomic E-state index is 0.0978. The molecule has 5 rings (SSSR count). The van der Waals surface area contributed by atoms with E-state index in [-0.39, 0.29) is 30.7 Å². The summed E-state index contributed by atoms with van der Waals surface area (Å²) in [6.45, 7) is 15.9. The standard InChI is InChI=1S/C42H52N4O16S5/c1-41(2)32-26-30(63-62-61-48)14-16-34(32)45(21-6-8-23-64(49,50)51)36(41)18-12-28-10-11-29(38(28)39(43-5)40(47)44-20-25-66(55,56)57)13-19-37-42(3,4)33-27-31(67(58,59)60)15-17-35(33)46(37)22-7-9-24-65(52,53)54/h12-19,26-27,39H,6-11,20-25H2,1-4H3,(H5-,44,47,48,49,50,51,52,53,54,55,56,57,58,59,60)/p+1. The molecule has 2 heterocycles. The van der Waals surface area contributed by atoms with Crippen molar-refractivity contribution < 1.29 is 75.9 Å². The quantitative estimate of drug-likeness (QED) is 0.0159. The highest BCUT2D eigenvalue weighted by molar-refractivity contribution is 7.94. The molecule has 0 saturated heterocycles. The van der Waals surface area contributed by atoms with E-state index in [0.29, 0.717) is 64.4 Å². The number of carbonyl (C=O) groups excluding carboxylic acids is 1. The molecule has 1 amide bonds. The number of unbranched alkanes of at least 4 members (excludes halogenated alkanes) is 2. The van der Waals surface area contributed by atoms with Crippen molar-refractivity contribution in [1.29, 1.82) is 0 Å². The van der Waals surface area contributed by atoms with E-state index >= 15 is 0 Å². The maximum atomic E-state index is 13.8. The molecule has 1 unspecified atom stereocenters. The van der Waals surface area contributed by atoms with Crippen LogP contribution in [-0.2, 0) is 65.5 Å². The lowest BCUT2D eigenvalue weighted by atomic mass is 9.81. The maximum absolute atomic E-state index is 13.8. The van der Waals surface area contributed by atoms with Crippen molar-refractivity contribution in [1.82, 2.24) is 5.32 Å². The zero-order valence-electron chi connectivity index (χ0n) is 36.9. The van der Waals surface area contributed by atoms with Crippen LogP contribution in [0.5, 0.6) is 0 Å². The maximum Gasteiger partial charge on any atom is 0.325 e. The first-order chi connectivity index (χ1) is 31.1. The minimum Gasteiger partial charge on any atom is -0.348 e. The molecule has 0 fully saturated rings. The lowest BCUT2D eigenvalue weighted by molar-refractivity contribution is -0.438. The SMILES string of the molecule is [C-]#[N+]C(C(=O)NCCS(=O)(=O)O)C1=C(C=CC2=[N+](CCCCS(=O)(=O)O)c3ccc(SOOO)cc3C2(C)C)CCC1=C/C=C1/N(CCCCS(=O)(=O)O)c2ccc(S(=O)(=O)O)cc2C1(C)C. The predicted octanol–water partition coefficient (Wildman–Crippen LogP) is 5.62. The van der Waals surface area contributed by atoms with Crippen LogP contribution < -0.4 is 10.2 Å². The van der Waals surface area contributed by atoms with Gasteiger partial charge in [0.15, 0.2) is 5.71 Å². The summed E-state index contributed by atoms with van der Waals surface area (Å²) < 4.78 is 138. The zero-order chi connectivity index (χ0) is 49.8. The number of nitrogens with zero attached hydrogens (tertiary/aromatic N) is 3. The molecule has 0 saturated carbocycles. The van der Waals surface area contributed by atoms with Crippen LogP contribution in [0.3, 0.4) is 0 Å². The Morgan fingerprint density at radius 3 is 2.12 bits per heavy atom. The van der Waals surface area contributed by atoms with Gasteiger partial charge in [-0.1, -0.05) is 31.0 Å². The Morgan fingerprint density at radius 1 is 0.851 bits per heavy atom. The molecule has 1 atom stereocenters. The molecule has 2 aromatic carbocycles. The van der Waals surface area contributed by atoms with Crippen LogP contribution in [0.1, 0.15) is 77.3 Å². The smallest absolute Gasteiger partial charge is 0.325 e. The summed E-state index contributed by atoms with van der Waals surface area (Å²) >= 11 is 0.768. The van der Waals surface area contributed by atoms with Crippen molar-refractivity contribution in [2.75, 3.05) is 41.8 Å². The van der Waals surface area contributed by atoms with Crippen LogP contribution in [0.2, 0.25) is 0 Å². The summed E-state index contributed by atoms with van der Waals surface area (Å²) in [6, 6.07) is 8.04. The summed E-state index contributed by atoms with van der Waals surface area (Å²) in [6.07, 6.45) is 8.68. The summed E-state index contributed by atoms with van der Waals surface area (Å²) in [7, 11) is -17.5. The molecule has 366 valence electrons. The highest BCUT2D eigenvalue weighted by atomic mass is 32.2. The van der Waals surface area contributed by atoms with Crippen molar-refractivity contribution in [2.45, 2.75) is 92.9 Å². The molecular weight excluding hydrogens is 977 g/mol. The third-order valence-electron chi connectivity index (χ3n) is 11.8. The van der Waals surface area contributed by atoms with Gasteiger partial charge < -0.3 is 10.2 Å². The van der Waals surface area contributed by atoms with E-state index in [2.05, 4.69) is 19.5 Å². The second-order valence-corrected chi connectivity index (χ2v) is 24.0. The molecule has 25 heteroatoms. The van der Waals surface area contributed by atoms with Gasteiger partial charge in [-0.3, -0.25) is 27.9 Å². The van der Waals surface area contributed by atoms with E-state index in [1.54, 1.807) is 24.3 Å². The van der Waals surface area contributed by atoms with E-state index in [1.165, 1.54) is 18.2 Å². The summed E-state index contributed by atoms with van der Waals surface area (Å²) in [5.41, 5.74) is 3.92. The largest absolute Gasteiger partial charge is 0.348 e. The lowest BCUT2D eigenvalue weighted by Crippen LogP contribution is -2.37. The average Bonchev–Trinajstić information content (AvgIpc) is 3.78. The minimum atomic E-state index is -4.60. The monoisotopic (exact) mass is 1030 g/mol. The lowest BCUT2D eigenvalue weighted by Gasteiger charge is -2.27. The predicted molar refractivity (Wildman–Crippen MR) is 249 cm³/mol. The van der Waals surface area contributed by atoms with E-state index in [4.69, 9.17) is 11.8 Å². The molecule has 67 heavy (non-hydrogen) atoms. The van der Waals surface area contributed by atoms with Gasteiger partial charge in [-0.2, -0.15) is 38.2 Å². The van der Waals surface area contributed by atoms with Crippen LogP contribution in [-0.4, -0.2) is 116 Å². The van der Waals surface area contributed by atoms with Gasteiger partial charge in [0.25, 0.3) is 40.5 Å². The second kappa shape index (κ2) is 21.1. The van der Waals surface area contributed by atoms with Crippen molar-refractivity contribution in [3.63, 3.8) is 0 Å². The first-order valence-electron chi connectivity index (χ1n) is 20.8. The molecule has 3 aliphatic rings. The van der Waals surface area contributed by atoms with Gasteiger partial charge in [0, 0.05) is 58.9 Å².